The maximum atomic E-state index is 13.7. The van der Waals surface area contributed by atoms with Crippen LogP contribution in [-0.2, 0) is 25.0 Å². The van der Waals surface area contributed by atoms with Crippen molar-refractivity contribution < 1.29 is 9.53 Å². The first-order chi connectivity index (χ1) is 17.1. The molecule has 3 aromatic rings. The van der Waals surface area contributed by atoms with Gasteiger partial charge in [0.25, 0.3) is 5.91 Å². The second-order valence-corrected chi connectivity index (χ2v) is 10.0. The van der Waals surface area contributed by atoms with Crippen LogP contribution in [0.3, 0.4) is 0 Å². The number of amides is 1. The van der Waals surface area contributed by atoms with E-state index in [9.17, 15) is 9.59 Å². The molecule has 2 aliphatic carbocycles. The van der Waals surface area contributed by atoms with Gasteiger partial charge in [-0.05, 0) is 43.4 Å². The highest BCUT2D eigenvalue weighted by Crippen LogP contribution is 2.43. The summed E-state index contributed by atoms with van der Waals surface area (Å²) >= 11 is 0. The Labute approximate surface area is 204 Å². The summed E-state index contributed by atoms with van der Waals surface area (Å²) in [6.45, 7) is 1.49. The van der Waals surface area contributed by atoms with Gasteiger partial charge in [0.1, 0.15) is 12.4 Å². The molecule has 0 spiro atoms. The van der Waals surface area contributed by atoms with Crippen LogP contribution < -0.4 is 10.3 Å². The Hall–Kier alpha value is -3.48. The molecule has 2 aromatic heterocycles. The Morgan fingerprint density at radius 3 is 2.46 bits per heavy atom. The molecule has 1 amide bonds. The highest BCUT2D eigenvalue weighted by atomic mass is 16.5. The molecular weight excluding hydrogens is 440 g/mol. The second kappa shape index (κ2) is 8.95. The topological polar surface area (TPSA) is 77.3 Å². The van der Waals surface area contributed by atoms with E-state index in [1.807, 2.05) is 58.1 Å². The normalized spacial score (nSPS) is 19.0. The van der Waals surface area contributed by atoms with Gasteiger partial charge in [-0.25, -0.2) is 0 Å². The van der Waals surface area contributed by atoms with Gasteiger partial charge in [-0.15, -0.1) is 0 Å². The third-order valence-electron chi connectivity index (χ3n) is 7.73. The number of nitrogens with zero attached hydrogens (tertiary/aromatic N) is 4. The van der Waals surface area contributed by atoms with E-state index in [1.165, 1.54) is 0 Å². The highest BCUT2D eigenvalue weighted by molar-refractivity contribution is 5.96. The maximum Gasteiger partial charge on any atom is 0.316 e. The summed E-state index contributed by atoms with van der Waals surface area (Å²) in [6.07, 6.45) is 8.74. The van der Waals surface area contributed by atoms with Crippen LogP contribution in [0.15, 0.2) is 59.5 Å². The van der Waals surface area contributed by atoms with Gasteiger partial charge in [0.15, 0.2) is 5.69 Å². The van der Waals surface area contributed by atoms with Crippen LogP contribution in [0.2, 0.25) is 0 Å². The summed E-state index contributed by atoms with van der Waals surface area (Å²) in [5, 5.41) is 0. The Bertz CT molecular complexity index is 1280. The summed E-state index contributed by atoms with van der Waals surface area (Å²) in [6, 6.07) is 16.0. The van der Waals surface area contributed by atoms with Crippen LogP contribution in [0.4, 0.5) is 0 Å². The molecule has 0 atom stereocenters. The Morgan fingerprint density at radius 1 is 0.971 bits per heavy atom. The van der Waals surface area contributed by atoms with Gasteiger partial charge in [0, 0.05) is 42.9 Å². The first-order valence-electron chi connectivity index (χ1n) is 12.7. The second-order valence-electron chi connectivity index (χ2n) is 10.0. The van der Waals surface area contributed by atoms with Crippen LogP contribution in [0, 0.1) is 0 Å². The van der Waals surface area contributed by atoms with Crippen LogP contribution >= 0.6 is 0 Å². The van der Waals surface area contributed by atoms with E-state index in [1.54, 1.807) is 0 Å². The molecule has 1 aromatic carbocycles. The van der Waals surface area contributed by atoms with Gasteiger partial charge < -0.3 is 14.2 Å². The van der Waals surface area contributed by atoms with Gasteiger partial charge in [-0.2, -0.15) is 4.98 Å². The lowest BCUT2D eigenvalue weighted by molar-refractivity contribution is 0.0675. The standard InChI is InChI=1S/C28H30N4O3/c33-26-25(35-19-20-8-2-1-3-9-20)24-27(34)31(21-11-12-21)16-17-32(24)23(30-26)18-28(13-5-6-14-28)22-10-4-7-15-29-22/h1-4,7-10,15,21H,5-6,11-14,16-19H2. The quantitative estimate of drug-likeness (QED) is 0.524. The predicted octanol–water partition coefficient (Wildman–Crippen LogP) is 3.89. The molecule has 0 radical (unpaired) electrons. The molecule has 3 aliphatic rings. The van der Waals surface area contributed by atoms with Crippen molar-refractivity contribution >= 4 is 5.91 Å². The average molecular weight is 471 g/mol. The van der Waals surface area contributed by atoms with Gasteiger partial charge in [0.05, 0.1) is 0 Å². The minimum atomic E-state index is -0.456. The SMILES string of the molecule is O=C1c2c(OCc3ccccc3)c(=O)nc(CC3(c4ccccn4)CCCC3)n2CCN1C1CC1. The zero-order valence-corrected chi connectivity index (χ0v) is 19.9. The predicted molar refractivity (Wildman–Crippen MR) is 131 cm³/mol. The van der Waals surface area contributed by atoms with Gasteiger partial charge >= 0.3 is 5.56 Å². The summed E-state index contributed by atoms with van der Waals surface area (Å²) < 4.78 is 7.98. The fourth-order valence-corrected chi connectivity index (χ4v) is 5.76. The van der Waals surface area contributed by atoms with Crippen LogP contribution in [-0.4, -0.2) is 37.9 Å². The lowest BCUT2D eigenvalue weighted by atomic mass is 9.78. The number of hydrogen-bond acceptors (Lipinski definition) is 5. The fraction of sp³-hybridized carbons (Fsp3) is 0.429. The van der Waals surface area contributed by atoms with Crippen molar-refractivity contribution in [2.75, 3.05) is 6.54 Å². The van der Waals surface area contributed by atoms with Gasteiger partial charge in [0.2, 0.25) is 5.75 Å². The van der Waals surface area contributed by atoms with E-state index in [0.29, 0.717) is 31.0 Å². The molecule has 3 heterocycles. The van der Waals surface area contributed by atoms with Crippen LogP contribution in [0.25, 0.3) is 0 Å². The Morgan fingerprint density at radius 2 is 1.74 bits per heavy atom. The van der Waals surface area contributed by atoms with Crippen LogP contribution in [0.5, 0.6) is 5.75 Å². The van der Waals surface area contributed by atoms with Crippen molar-refractivity contribution in [1.29, 1.82) is 0 Å². The van der Waals surface area contributed by atoms with E-state index in [0.717, 1.165) is 49.8 Å². The molecule has 0 unspecified atom stereocenters. The average Bonchev–Trinajstić information content (AvgIpc) is 3.62. The zero-order valence-electron chi connectivity index (χ0n) is 19.9. The number of hydrogen-bond donors (Lipinski definition) is 0. The zero-order chi connectivity index (χ0) is 23.8. The van der Waals surface area contributed by atoms with E-state index in [-0.39, 0.29) is 29.7 Å². The highest BCUT2D eigenvalue weighted by Gasteiger charge is 2.42. The van der Waals surface area contributed by atoms with Crippen molar-refractivity contribution in [3.63, 3.8) is 0 Å². The number of aromatic nitrogens is 3. The van der Waals surface area contributed by atoms with Crippen molar-refractivity contribution in [2.45, 2.75) is 69.6 Å². The number of pyridine rings is 1. The number of ether oxygens (including phenoxy) is 1. The molecule has 35 heavy (non-hydrogen) atoms. The Balaban J connectivity index is 1.41. The maximum absolute atomic E-state index is 13.7. The molecule has 0 bridgehead atoms. The molecule has 7 nitrogen and oxygen atoms in total. The lowest BCUT2D eigenvalue weighted by Crippen LogP contribution is -2.45. The van der Waals surface area contributed by atoms with Crippen molar-refractivity contribution in [3.05, 3.63) is 87.9 Å². The molecular formula is C28H30N4O3. The van der Waals surface area contributed by atoms with Crippen molar-refractivity contribution in [1.82, 2.24) is 19.4 Å². The number of carbonyl (C=O) groups is 1. The summed E-state index contributed by atoms with van der Waals surface area (Å²) in [5.74, 6) is 0.639. The smallest absolute Gasteiger partial charge is 0.316 e. The molecule has 1 aliphatic heterocycles. The number of carbonyl (C=O) groups excluding carboxylic acids is 1. The number of rotatable bonds is 7. The first kappa shape index (κ1) is 22.0. The Kier molecular flexibility index (Phi) is 5.63. The molecule has 6 rings (SSSR count). The van der Waals surface area contributed by atoms with Crippen LogP contribution in [0.1, 0.15) is 66.1 Å². The number of benzene rings is 1. The molecule has 180 valence electrons. The number of fused-ring (bicyclic) bond motifs is 1. The molecule has 0 N–H and O–H groups in total. The molecule has 2 saturated carbocycles. The third-order valence-corrected chi connectivity index (χ3v) is 7.73. The summed E-state index contributed by atoms with van der Waals surface area (Å²) in [7, 11) is 0. The van der Waals surface area contributed by atoms with E-state index in [4.69, 9.17) is 4.74 Å². The van der Waals surface area contributed by atoms with Crippen molar-refractivity contribution in [3.8, 4) is 5.75 Å². The van der Waals surface area contributed by atoms with E-state index in [2.05, 4.69) is 16.0 Å². The minimum absolute atomic E-state index is 0.0752. The molecule has 2 fully saturated rings. The fourth-order valence-electron chi connectivity index (χ4n) is 5.76. The summed E-state index contributed by atoms with van der Waals surface area (Å²) in [5.41, 5.74) is 1.74. The largest absolute Gasteiger partial charge is 0.481 e. The van der Waals surface area contributed by atoms with E-state index >= 15 is 0 Å². The van der Waals surface area contributed by atoms with Crippen molar-refractivity contribution in [2.24, 2.45) is 0 Å². The lowest BCUT2D eigenvalue weighted by Gasteiger charge is -2.34. The monoisotopic (exact) mass is 470 g/mol. The molecule has 0 saturated heterocycles. The third kappa shape index (κ3) is 4.13. The van der Waals surface area contributed by atoms with E-state index < -0.39 is 5.56 Å². The molecule has 7 heteroatoms. The van der Waals surface area contributed by atoms with Gasteiger partial charge in [-0.1, -0.05) is 49.2 Å². The first-order valence-corrected chi connectivity index (χ1v) is 12.7. The minimum Gasteiger partial charge on any atom is -0.481 e. The van der Waals surface area contributed by atoms with Gasteiger partial charge in [-0.3, -0.25) is 14.6 Å². The summed E-state index contributed by atoms with van der Waals surface area (Å²) in [4.78, 5) is 38.2.